The zero-order chi connectivity index (χ0) is 17.8. The van der Waals surface area contributed by atoms with Gasteiger partial charge < -0.3 is 25.0 Å². The minimum atomic E-state index is -0.797. The Labute approximate surface area is 146 Å². The molecule has 25 heavy (non-hydrogen) atoms. The number of aryl methyl sites for hydroxylation is 1. The molecule has 2 amide bonds. The molecule has 0 bridgehead atoms. The smallest absolute Gasteiger partial charge is 0.319 e. The minimum Gasteiger partial charge on any atom is -0.495 e. The number of anilines is 1. The number of methoxy groups -OCH3 is 1. The number of aliphatic hydroxyl groups is 1. The van der Waals surface area contributed by atoms with Crippen LogP contribution in [0.25, 0.3) is 10.9 Å². The lowest BCUT2D eigenvalue weighted by Crippen LogP contribution is -2.32. The number of ether oxygens (including phenoxy) is 1. The summed E-state index contributed by atoms with van der Waals surface area (Å²) in [4.78, 5) is 12.1. The fourth-order valence-corrected chi connectivity index (χ4v) is 2.85. The number of nitrogens with one attached hydrogen (secondary N) is 2. The maximum atomic E-state index is 12.1. The molecule has 3 aromatic rings. The Balaban J connectivity index is 1.65. The van der Waals surface area contributed by atoms with Crippen LogP contribution in [0.15, 0.2) is 54.7 Å². The van der Waals surface area contributed by atoms with Gasteiger partial charge in [0.15, 0.2) is 0 Å². The van der Waals surface area contributed by atoms with E-state index in [2.05, 4.69) is 10.6 Å². The lowest BCUT2D eigenvalue weighted by molar-refractivity contribution is 0.176. The highest BCUT2D eigenvalue weighted by atomic mass is 16.5. The van der Waals surface area contributed by atoms with Crippen LogP contribution in [-0.2, 0) is 7.05 Å². The molecule has 1 atom stereocenters. The third-order valence-electron chi connectivity index (χ3n) is 4.10. The van der Waals surface area contributed by atoms with Crippen molar-refractivity contribution >= 4 is 22.6 Å². The van der Waals surface area contributed by atoms with Crippen molar-refractivity contribution in [3.8, 4) is 5.75 Å². The number of hydrogen-bond acceptors (Lipinski definition) is 3. The van der Waals surface area contributed by atoms with E-state index >= 15 is 0 Å². The van der Waals surface area contributed by atoms with Crippen LogP contribution in [-0.4, -0.2) is 29.4 Å². The molecule has 130 valence electrons. The van der Waals surface area contributed by atoms with Gasteiger partial charge in [-0.1, -0.05) is 30.3 Å². The van der Waals surface area contributed by atoms with Crippen molar-refractivity contribution in [1.82, 2.24) is 9.88 Å². The van der Waals surface area contributed by atoms with E-state index in [-0.39, 0.29) is 6.54 Å². The largest absolute Gasteiger partial charge is 0.495 e. The SMILES string of the molecule is COc1ccccc1NC(=O)NC[C@@H](O)c1cn(C)c2ccccc12. The molecule has 0 aliphatic carbocycles. The number of amides is 2. The van der Waals surface area contributed by atoms with Crippen molar-refractivity contribution in [3.63, 3.8) is 0 Å². The topological polar surface area (TPSA) is 75.5 Å². The lowest BCUT2D eigenvalue weighted by atomic mass is 10.1. The number of aliphatic hydroxyl groups excluding tert-OH is 1. The highest BCUT2D eigenvalue weighted by Crippen LogP contribution is 2.26. The zero-order valence-electron chi connectivity index (χ0n) is 14.2. The Kier molecular flexibility index (Phi) is 4.90. The molecule has 0 unspecified atom stereocenters. The van der Waals surface area contributed by atoms with Gasteiger partial charge in [0, 0.05) is 36.3 Å². The van der Waals surface area contributed by atoms with E-state index in [1.54, 1.807) is 19.2 Å². The first-order valence-corrected chi connectivity index (χ1v) is 8.00. The molecule has 0 aliphatic heterocycles. The zero-order valence-corrected chi connectivity index (χ0v) is 14.2. The molecule has 0 saturated heterocycles. The summed E-state index contributed by atoms with van der Waals surface area (Å²) in [5.74, 6) is 0.576. The fourth-order valence-electron chi connectivity index (χ4n) is 2.85. The van der Waals surface area contributed by atoms with Crippen LogP contribution < -0.4 is 15.4 Å². The lowest BCUT2D eigenvalue weighted by Gasteiger charge is -2.13. The molecule has 1 heterocycles. The molecule has 0 saturated carbocycles. The van der Waals surface area contributed by atoms with Crippen LogP contribution in [0.1, 0.15) is 11.7 Å². The van der Waals surface area contributed by atoms with Gasteiger partial charge in [-0.2, -0.15) is 0 Å². The highest BCUT2D eigenvalue weighted by molar-refractivity contribution is 5.91. The van der Waals surface area contributed by atoms with Crippen molar-refractivity contribution in [3.05, 3.63) is 60.3 Å². The number of rotatable bonds is 5. The number of benzene rings is 2. The van der Waals surface area contributed by atoms with Crippen LogP contribution in [0.2, 0.25) is 0 Å². The van der Waals surface area contributed by atoms with E-state index in [4.69, 9.17) is 4.74 Å². The summed E-state index contributed by atoms with van der Waals surface area (Å²) in [6.45, 7) is 0.106. The van der Waals surface area contributed by atoms with Gasteiger partial charge in [0.1, 0.15) is 5.75 Å². The number of urea groups is 1. The van der Waals surface area contributed by atoms with Crippen molar-refractivity contribution in [2.75, 3.05) is 19.0 Å². The van der Waals surface area contributed by atoms with Gasteiger partial charge in [0.2, 0.25) is 0 Å². The van der Waals surface area contributed by atoms with Gasteiger partial charge in [-0.3, -0.25) is 0 Å². The Morgan fingerprint density at radius 2 is 1.92 bits per heavy atom. The third-order valence-corrected chi connectivity index (χ3v) is 4.10. The summed E-state index contributed by atoms with van der Waals surface area (Å²) < 4.78 is 7.16. The molecule has 0 radical (unpaired) electrons. The molecule has 0 aliphatic rings. The minimum absolute atomic E-state index is 0.106. The number of carbonyl (C=O) groups excluding carboxylic acids is 1. The Morgan fingerprint density at radius 1 is 1.20 bits per heavy atom. The first-order valence-electron chi connectivity index (χ1n) is 8.00. The molecular weight excluding hydrogens is 318 g/mol. The molecular formula is C19H21N3O3. The summed E-state index contributed by atoms with van der Waals surface area (Å²) in [6, 6.07) is 14.6. The van der Waals surface area contributed by atoms with E-state index in [1.165, 1.54) is 0 Å². The molecule has 0 spiro atoms. The van der Waals surface area contributed by atoms with Gasteiger partial charge in [0.05, 0.1) is 18.9 Å². The Hall–Kier alpha value is -2.99. The molecule has 6 heteroatoms. The second kappa shape index (κ2) is 7.27. The van der Waals surface area contributed by atoms with E-state index < -0.39 is 12.1 Å². The van der Waals surface area contributed by atoms with Crippen molar-refractivity contribution < 1.29 is 14.6 Å². The first-order chi connectivity index (χ1) is 12.1. The number of aromatic nitrogens is 1. The average molecular weight is 339 g/mol. The van der Waals surface area contributed by atoms with Gasteiger partial charge in [-0.15, -0.1) is 0 Å². The summed E-state index contributed by atoms with van der Waals surface area (Å²) in [5.41, 5.74) is 2.40. The predicted octanol–water partition coefficient (Wildman–Crippen LogP) is 3.04. The number of nitrogens with zero attached hydrogens (tertiary/aromatic N) is 1. The maximum absolute atomic E-state index is 12.1. The first kappa shape index (κ1) is 16.9. The van der Waals surface area contributed by atoms with Gasteiger partial charge >= 0.3 is 6.03 Å². The van der Waals surface area contributed by atoms with E-state index in [9.17, 15) is 9.90 Å². The van der Waals surface area contributed by atoms with Crippen LogP contribution in [0.3, 0.4) is 0 Å². The van der Waals surface area contributed by atoms with Crippen molar-refractivity contribution in [1.29, 1.82) is 0 Å². The average Bonchev–Trinajstić information content (AvgIpc) is 2.97. The van der Waals surface area contributed by atoms with Gasteiger partial charge in [-0.05, 0) is 18.2 Å². The summed E-state index contributed by atoms with van der Waals surface area (Å²) in [5, 5.41) is 16.9. The summed E-state index contributed by atoms with van der Waals surface area (Å²) in [7, 11) is 3.48. The summed E-state index contributed by atoms with van der Waals surface area (Å²) >= 11 is 0. The molecule has 3 rings (SSSR count). The van der Waals surface area contributed by atoms with E-state index in [0.717, 1.165) is 16.5 Å². The number of para-hydroxylation sites is 3. The Bertz CT molecular complexity index is 889. The van der Waals surface area contributed by atoms with Crippen LogP contribution >= 0.6 is 0 Å². The standard InChI is InChI=1S/C19H21N3O3/c1-22-12-14(13-7-3-5-9-16(13)22)17(23)11-20-19(24)21-15-8-4-6-10-18(15)25-2/h3-10,12,17,23H,11H2,1-2H3,(H2,20,21,24)/t17-/m1/s1. The molecule has 2 aromatic carbocycles. The van der Waals surface area contributed by atoms with Gasteiger partial charge in [-0.25, -0.2) is 4.79 Å². The van der Waals surface area contributed by atoms with Crippen molar-refractivity contribution in [2.24, 2.45) is 7.05 Å². The molecule has 1 aromatic heterocycles. The summed E-state index contributed by atoms with van der Waals surface area (Å²) in [6.07, 6.45) is 1.09. The number of hydrogen-bond donors (Lipinski definition) is 3. The molecule has 6 nitrogen and oxygen atoms in total. The predicted molar refractivity (Wildman–Crippen MR) is 97.9 cm³/mol. The number of fused-ring (bicyclic) bond motifs is 1. The normalized spacial score (nSPS) is 12.0. The van der Waals surface area contributed by atoms with E-state index in [1.807, 2.05) is 54.2 Å². The second-order valence-corrected chi connectivity index (χ2v) is 5.76. The van der Waals surface area contributed by atoms with E-state index in [0.29, 0.717) is 11.4 Å². The highest BCUT2D eigenvalue weighted by Gasteiger charge is 2.15. The Morgan fingerprint density at radius 3 is 2.72 bits per heavy atom. The van der Waals surface area contributed by atoms with Gasteiger partial charge in [0.25, 0.3) is 0 Å². The second-order valence-electron chi connectivity index (χ2n) is 5.76. The molecule has 3 N–H and O–H groups in total. The van der Waals surface area contributed by atoms with Crippen LogP contribution in [0.4, 0.5) is 10.5 Å². The molecule has 0 fully saturated rings. The monoisotopic (exact) mass is 339 g/mol. The third kappa shape index (κ3) is 3.59. The fraction of sp³-hybridized carbons (Fsp3) is 0.211. The van der Waals surface area contributed by atoms with Crippen LogP contribution in [0, 0.1) is 0 Å². The number of carbonyl (C=O) groups is 1. The quantitative estimate of drug-likeness (QED) is 0.669. The maximum Gasteiger partial charge on any atom is 0.319 e. The van der Waals surface area contributed by atoms with Crippen molar-refractivity contribution in [2.45, 2.75) is 6.10 Å². The van der Waals surface area contributed by atoms with Crippen LogP contribution in [0.5, 0.6) is 5.75 Å².